The summed E-state index contributed by atoms with van der Waals surface area (Å²) in [5, 5.41) is 15.5. The highest BCUT2D eigenvalue weighted by Gasteiger charge is 2.08. The summed E-state index contributed by atoms with van der Waals surface area (Å²) in [5.74, 6) is 2.41. The number of benzene rings is 1. The third-order valence-corrected chi connectivity index (χ3v) is 3.90. The first-order valence-electron chi connectivity index (χ1n) is 6.52. The van der Waals surface area contributed by atoms with Crippen molar-refractivity contribution in [1.29, 1.82) is 0 Å². The molecule has 9 heteroatoms. The summed E-state index contributed by atoms with van der Waals surface area (Å²) in [6, 6.07) is 5.87. The number of rotatable bonds is 8. The molecule has 0 atom stereocenters. The zero-order valence-corrected chi connectivity index (χ0v) is 14.4. The van der Waals surface area contributed by atoms with E-state index in [0.29, 0.717) is 0 Å². The minimum atomic E-state index is 0. The Hall–Kier alpha value is -1.51. The van der Waals surface area contributed by atoms with Crippen molar-refractivity contribution in [2.75, 3.05) is 26.5 Å². The highest BCUT2D eigenvalue weighted by molar-refractivity contribution is 7.99. The Labute approximate surface area is 140 Å². The molecule has 0 amide bonds. The number of halogens is 1. The van der Waals surface area contributed by atoms with Crippen LogP contribution in [0.5, 0.6) is 11.5 Å². The van der Waals surface area contributed by atoms with E-state index in [2.05, 4.69) is 20.8 Å². The van der Waals surface area contributed by atoms with Gasteiger partial charge in [-0.3, -0.25) is 0 Å². The molecule has 0 bridgehead atoms. The number of para-hydroxylation sites is 1. The number of thioether (sulfide) groups is 1. The lowest BCUT2D eigenvalue weighted by molar-refractivity contribution is 0.351. The lowest BCUT2D eigenvalue weighted by atomic mass is 10.2. The molecule has 0 aliphatic rings. The standard InChI is InChI=1S/C13H19N5O2S.ClH/c1-18-13(15-16-17-18)21-8-7-14-9-10-5-4-6-11(19-2)12(10)20-3;/h4-6,14H,7-9H2,1-3H3;1H. The van der Waals surface area contributed by atoms with Crippen LogP contribution in [0.1, 0.15) is 5.56 Å². The Kier molecular flexibility index (Phi) is 8.00. The van der Waals surface area contributed by atoms with Crippen molar-refractivity contribution in [1.82, 2.24) is 25.5 Å². The van der Waals surface area contributed by atoms with E-state index >= 15 is 0 Å². The maximum atomic E-state index is 5.40. The van der Waals surface area contributed by atoms with E-state index in [-0.39, 0.29) is 12.4 Å². The summed E-state index contributed by atoms with van der Waals surface area (Å²) < 4.78 is 12.3. The molecule has 2 aromatic rings. The van der Waals surface area contributed by atoms with E-state index < -0.39 is 0 Å². The highest BCUT2D eigenvalue weighted by atomic mass is 35.5. The van der Waals surface area contributed by atoms with Gasteiger partial charge in [-0.15, -0.1) is 17.5 Å². The third kappa shape index (κ3) is 4.75. The van der Waals surface area contributed by atoms with Crippen LogP contribution in [-0.2, 0) is 13.6 Å². The van der Waals surface area contributed by atoms with E-state index in [4.69, 9.17) is 9.47 Å². The fraction of sp³-hybridized carbons (Fsp3) is 0.462. The Morgan fingerprint density at radius 3 is 2.73 bits per heavy atom. The molecule has 1 heterocycles. The van der Waals surface area contributed by atoms with Gasteiger partial charge in [-0.1, -0.05) is 23.9 Å². The largest absolute Gasteiger partial charge is 0.493 e. The number of nitrogens with zero attached hydrogens (tertiary/aromatic N) is 4. The molecule has 0 fully saturated rings. The molecular weight excluding hydrogens is 326 g/mol. The lowest BCUT2D eigenvalue weighted by Crippen LogP contribution is -2.17. The summed E-state index contributed by atoms with van der Waals surface area (Å²) in [7, 11) is 5.12. The molecule has 2 rings (SSSR count). The number of aryl methyl sites for hydroxylation is 1. The zero-order chi connectivity index (χ0) is 15.1. The van der Waals surface area contributed by atoms with Crippen LogP contribution >= 0.6 is 24.2 Å². The summed E-state index contributed by atoms with van der Waals surface area (Å²) in [4.78, 5) is 0. The summed E-state index contributed by atoms with van der Waals surface area (Å²) in [6.45, 7) is 1.57. The van der Waals surface area contributed by atoms with Gasteiger partial charge in [0.2, 0.25) is 5.16 Å². The summed E-state index contributed by atoms with van der Waals surface area (Å²) >= 11 is 1.61. The Morgan fingerprint density at radius 2 is 2.09 bits per heavy atom. The topological polar surface area (TPSA) is 74.1 Å². The fourth-order valence-corrected chi connectivity index (χ4v) is 2.62. The molecule has 122 valence electrons. The molecule has 22 heavy (non-hydrogen) atoms. The molecule has 0 aliphatic heterocycles. The van der Waals surface area contributed by atoms with Gasteiger partial charge in [-0.05, 0) is 16.5 Å². The maximum absolute atomic E-state index is 5.40. The number of methoxy groups -OCH3 is 2. The normalized spacial score (nSPS) is 10.1. The number of nitrogens with one attached hydrogen (secondary N) is 1. The fourth-order valence-electron chi connectivity index (χ4n) is 1.87. The van der Waals surface area contributed by atoms with Crippen molar-refractivity contribution in [3.8, 4) is 11.5 Å². The quantitative estimate of drug-likeness (QED) is 0.574. The lowest BCUT2D eigenvalue weighted by Gasteiger charge is -2.13. The van der Waals surface area contributed by atoms with Crippen LogP contribution in [0, 0.1) is 0 Å². The van der Waals surface area contributed by atoms with Crippen LogP contribution in [-0.4, -0.2) is 46.7 Å². The minimum Gasteiger partial charge on any atom is -0.493 e. The van der Waals surface area contributed by atoms with Crippen LogP contribution < -0.4 is 14.8 Å². The van der Waals surface area contributed by atoms with Gasteiger partial charge in [-0.2, -0.15) is 0 Å². The van der Waals surface area contributed by atoms with Gasteiger partial charge in [0.05, 0.1) is 14.2 Å². The number of hydrogen-bond donors (Lipinski definition) is 1. The van der Waals surface area contributed by atoms with Gasteiger partial charge in [0, 0.05) is 31.5 Å². The average Bonchev–Trinajstić information content (AvgIpc) is 2.91. The molecule has 0 saturated carbocycles. The van der Waals surface area contributed by atoms with Crippen LogP contribution in [0.3, 0.4) is 0 Å². The van der Waals surface area contributed by atoms with E-state index in [1.54, 1.807) is 30.7 Å². The molecule has 0 radical (unpaired) electrons. The molecule has 1 aromatic heterocycles. The highest BCUT2D eigenvalue weighted by Crippen LogP contribution is 2.30. The second-order valence-electron chi connectivity index (χ2n) is 4.26. The predicted molar refractivity (Wildman–Crippen MR) is 88.0 cm³/mol. The van der Waals surface area contributed by atoms with Gasteiger partial charge < -0.3 is 14.8 Å². The van der Waals surface area contributed by atoms with E-state index in [0.717, 1.165) is 41.1 Å². The second-order valence-corrected chi connectivity index (χ2v) is 5.33. The van der Waals surface area contributed by atoms with Gasteiger partial charge in [0.15, 0.2) is 11.5 Å². The minimum absolute atomic E-state index is 0. The van der Waals surface area contributed by atoms with E-state index in [9.17, 15) is 0 Å². The van der Waals surface area contributed by atoms with E-state index in [1.165, 1.54) is 0 Å². The van der Waals surface area contributed by atoms with Crippen molar-refractivity contribution in [3.05, 3.63) is 23.8 Å². The molecule has 0 aliphatic carbocycles. The van der Waals surface area contributed by atoms with Crippen LogP contribution in [0.15, 0.2) is 23.4 Å². The zero-order valence-electron chi connectivity index (χ0n) is 12.8. The van der Waals surface area contributed by atoms with Crippen LogP contribution in [0.25, 0.3) is 0 Å². The Bertz CT molecular complexity index is 581. The number of ether oxygens (including phenoxy) is 2. The maximum Gasteiger partial charge on any atom is 0.209 e. The molecule has 1 N–H and O–H groups in total. The summed E-state index contributed by atoms with van der Waals surface area (Å²) in [5.41, 5.74) is 1.07. The monoisotopic (exact) mass is 345 g/mol. The first-order chi connectivity index (χ1) is 10.3. The van der Waals surface area contributed by atoms with Crippen molar-refractivity contribution >= 4 is 24.2 Å². The molecule has 0 spiro atoms. The SMILES string of the molecule is COc1cccc(CNCCSc2nnnn2C)c1OC.Cl. The van der Waals surface area contributed by atoms with Gasteiger partial charge in [0.25, 0.3) is 0 Å². The number of hydrogen-bond acceptors (Lipinski definition) is 7. The molecule has 7 nitrogen and oxygen atoms in total. The molecule has 1 aromatic carbocycles. The van der Waals surface area contributed by atoms with Gasteiger partial charge >= 0.3 is 0 Å². The van der Waals surface area contributed by atoms with Crippen molar-refractivity contribution in [2.24, 2.45) is 7.05 Å². The van der Waals surface area contributed by atoms with Crippen molar-refractivity contribution in [3.63, 3.8) is 0 Å². The Morgan fingerprint density at radius 1 is 1.27 bits per heavy atom. The smallest absolute Gasteiger partial charge is 0.209 e. The predicted octanol–water partition coefficient (Wildman–Crippen LogP) is 1.53. The summed E-state index contributed by atoms with van der Waals surface area (Å²) in [6.07, 6.45) is 0. The first kappa shape index (κ1) is 18.5. The van der Waals surface area contributed by atoms with Gasteiger partial charge in [-0.25, -0.2) is 4.68 Å². The first-order valence-corrected chi connectivity index (χ1v) is 7.50. The average molecular weight is 346 g/mol. The second kappa shape index (κ2) is 9.50. The Balaban J connectivity index is 0.00000242. The number of aromatic nitrogens is 4. The van der Waals surface area contributed by atoms with Crippen molar-refractivity contribution < 1.29 is 9.47 Å². The van der Waals surface area contributed by atoms with Crippen LogP contribution in [0.2, 0.25) is 0 Å². The van der Waals surface area contributed by atoms with E-state index in [1.807, 2.05) is 25.2 Å². The third-order valence-electron chi connectivity index (χ3n) is 2.89. The molecule has 0 saturated heterocycles. The number of tetrazole rings is 1. The van der Waals surface area contributed by atoms with Crippen molar-refractivity contribution in [2.45, 2.75) is 11.7 Å². The van der Waals surface area contributed by atoms with Gasteiger partial charge in [0.1, 0.15) is 0 Å². The molecular formula is C13H20ClN5O2S. The molecule has 0 unspecified atom stereocenters. The van der Waals surface area contributed by atoms with Crippen LogP contribution in [0.4, 0.5) is 0 Å².